The van der Waals surface area contributed by atoms with Crippen molar-refractivity contribution in [1.29, 1.82) is 0 Å². The summed E-state index contributed by atoms with van der Waals surface area (Å²) in [6, 6.07) is 6.32. The highest BCUT2D eigenvalue weighted by atomic mass is 16.5. The van der Waals surface area contributed by atoms with E-state index in [4.69, 9.17) is 13.9 Å². The molecule has 2 saturated heterocycles. The van der Waals surface area contributed by atoms with Crippen molar-refractivity contribution >= 4 is 5.96 Å². The van der Waals surface area contributed by atoms with Gasteiger partial charge in [0.15, 0.2) is 5.96 Å². The summed E-state index contributed by atoms with van der Waals surface area (Å²) in [7, 11) is 0. The van der Waals surface area contributed by atoms with Crippen LogP contribution >= 0.6 is 0 Å². The number of guanidine groups is 1. The zero-order valence-corrected chi connectivity index (χ0v) is 18.2. The zero-order valence-electron chi connectivity index (χ0n) is 18.2. The van der Waals surface area contributed by atoms with Gasteiger partial charge in [-0.15, -0.1) is 0 Å². The highest BCUT2D eigenvalue weighted by Gasteiger charge is 2.27. The van der Waals surface area contributed by atoms with Crippen molar-refractivity contribution in [3.63, 3.8) is 0 Å². The molecule has 1 unspecified atom stereocenters. The van der Waals surface area contributed by atoms with Crippen LogP contribution < -0.4 is 5.32 Å². The Bertz CT molecular complexity index is 788. The van der Waals surface area contributed by atoms with Crippen LogP contribution in [0.15, 0.2) is 38.4 Å². The number of piperazine rings is 1. The Labute approximate surface area is 178 Å². The molecular weight excluding hydrogens is 380 g/mol. The maximum absolute atomic E-state index is 5.99. The van der Waals surface area contributed by atoms with Crippen LogP contribution in [0.2, 0.25) is 0 Å². The molecule has 4 rings (SSSR count). The van der Waals surface area contributed by atoms with Gasteiger partial charge >= 0.3 is 0 Å². The molecule has 30 heavy (non-hydrogen) atoms. The number of furan rings is 1. The molecule has 2 aliphatic rings. The Morgan fingerprint density at radius 1 is 1.13 bits per heavy atom. The molecule has 0 aliphatic carbocycles. The Morgan fingerprint density at radius 2 is 1.93 bits per heavy atom. The number of hydrogen-bond acceptors (Lipinski definition) is 6. The summed E-state index contributed by atoms with van der Waals surface area (Å²) in [5.74, 6) is 3.01. The first-order valence-electron chi connectivity index (χ1n) is 11.2. The molecule has 0 saturated carbocycles. The summed E-state index contributed by atoms with van der Waals surface area (Å²) in [4.78, 5) is 12.4. The molecule has 2 aromatic rings. The average Bonchev–Trinajstić information content (AvgIpc) is 3.52. The van der Waals surface area contributed by atoms with E-state index in [2.05, 4.69) is 44.2 Å². The van der Waals surface area contributed by atoms with Crippen LogP contribution in [0, 0.1) is 6.92 Å². The van der Waals surface area contributed by atoms with Gasteiger partial charge in [0.1, 0.15) is 17.8 Å². The molecule has 2 aromatic heterocycles. The van der Waals surface area contributed by atoms with Crippen LogP contribution in [0.4, 0.5) is 0 Å². The van der Waals surface area contributed by atoms with Crippen molar-refractivity contribution in [3.8, 4) is 0 Å². The fourth-order valence-electron chi connectivity index (χ4n) is 4.34. The van der Waals surface area contributed by atoms with Crippen LogP contribution in [0.25, 0.3) is 0 Å². The van der Waals surface area contributed by atoms with Crippen LogP contribution in [0.3, 0.4) is 0 Å². The molecule has 4 heterocycles. The Hall–Kier alpha value is -2.32. The molecule has 8 nitrogen and oxygen atoms in total. The van der Waals surface area contributed by atoms with Gasteiger partial charge in [0.2, 0.25) is 0 Å². The maximum Gasteiger partial charge on any atom is 0.194 e. The third-order valence-corrected chi connectivity index (χ3v) is 5.97. The lowest BCUT2D eigenvalue weighted by Gasteiger charge is -2.36. The topological polar surface area (TPSA) is 73.3 Å². The predicted molar refractivity (Wildman–Crippen MR) is 116 cm³/mol. The van der Waals surface area contributed by atoms with Crippen LogP contribution in [-0.2, 0) is 6.54 Å². The van der Waals surface area contributed by atoms with Gasteiger partial charge in [-0.1, -0.05) is 5.16 Å². The van der Waals surface area contributed by atoms with Crippen LogP contribution in [0.1, 0.15) is 43.0 Å². The third kappa shape index (κ3) is 5.23. The molecular formula is C22H34N6O2. The lowest BCUT2D eigenvalue weighted by Crippen LogP contribution is -2.52. The number of hydrogen-bond donors (Lipinski definition) is 1. The molecule has 1 N–H and O–H groups in total. The number of aliphatic imine (C=N–C) groups is 1. The van der Waals surface area contributed by atoms with E-state index in [1.54, 1.807) is 6.26 Å². The molecule has 1 atom stereocenters. The van der Waals surface area contributed by atoms with Gasteiger partial charge in [0, 0.05) is 45.3 Å². The van der Waals surface area contributed by atoms with Crippen LogP contribution in [0.5, 0.6) is 0 Å². The minimum atomic E-state index is 0.211. The first kappa shape index (κ1) is 20.9. The van der Waals surface area contributed by atoms with Crippen molar-refractivity contribution < 1.29 is 8.94 Å². The van der Waals surface area contributed by atoms with Crippen molar-refractivity contribution in [2.45, 2.75) is 39.3 Å². The van der Waals surface area contributed by atoms with Crippen molar-refractivity contribution in [1.82, 2.24) is 25.2 Å². The zero-order chi connectivity index (χ0) is 20.8. The molecule has 2 fully saturated rings. The second kappa shape index (κ2) is 10.1. The third-order valence-electron chi connectivity index (χ3n) is 5.97. The van der Waals surface area contributed by atoms with Crippen molar-refractivity contribution in [2.75, 3.05) is 52.4 Å². The van der Waals surface area contributed by atoms with E-state index >= 15 is 0 Å². The normalized spacial score (nSPS) is 20.1. The van der Waals surface area contributed by atoms with E-state index in [1.807, 2.05) is 13.0 Å². The molecule has 8 heteroatoms. The van der Waals surface area contributed by atoms with Gasteiger partial charge in [-0.05, 0) is 51.9 Å². The maximum atomic E-state index is 5.99. The van der Waals surface area contributed by atoms with Gasteiger partial charge < -0.3 is 19.2 Å². The van der Waals surface area contributed by atoms with Crippen molar-refractivity contribution in [3.05, 3.63) is 41.7 Å². The Balaban J connectivity index is 1.39. The van der Waals surface area contributed by atoms with E-state index in [9.17, 15) is 0 Å². The smallest absolute Gasteiger partial charge is 0.194 e. The van der Waals surface area contributed by atoms with Crippen molar-refractivity contribution in [2.24, 2.45) is 4.99 Å². The lowest BCUT2D eigenvalue weighted by atomic mass is 10.2. The standard InChI is InChI=1S/C22H34N6O2/c1-3-23-22(28-13-11-26(12-14-28)17-19-8-15-29-25-19)24-16-20(27-9-4-5-10-27)21-7-6-18(2)30-21/h6-8,15,20H,3-5,9-14,16-17H2,1-2H3,(H,23,24). The number of aromatic nitrogens is 1. The van der Waals surface area contributed by atoms with E-state index < -0.39 is 0 Å². The SMILES string of the molecule is CCNC(=NCC(c1ccc(C)o1)N1CCCC1)N1CCN(Cc2ccon2)CC1. The molecule has 0 spiro atoms. The van der Waals surface area contributed by atoms with Gasteiger partial charge in [0.05, 0.1) is 18.3 Å². The minimum absolute atomic E-state index is 0.211. The van der Waals surface area contributed by atoms with E-state index in [-0.39, 0.29) is 6.04 Å². The highest BCUT2D eigenvalue weighted by molar-refractivity contribution is 5.80. The minimum Gasteiger partial charge on any atom is -0.465 e. The first-order valence-corrected chi connectivity index (χ1v) is 11.2. The lowest BCUT2D eigenvalue weighted by molar-refractivity contribution is 0.168. The molecule has 0 aromatic carbocycles. The molecule has 164 valence electrons. The van der Waals surface area contributed by atoms with E-state index in [1.165, 1.54) is 12.8 Å². The molecule has 2 aliphatic heterocycles. The number of likely N-dealkylation sites (tertiary alicyclic amines) is 1. The number of nitrogens with zero attached hydrogens (tertiary/aromatic N) is 5. The first-order chi connectivity index (χ1) is 14.7. The summed E-state index contributed by atoms with van der Waals surface area (Å²) in [5, 5.41) is 7.53. The number of rotatable bonds is 7. The van der Waals surface area contributed by atoms with E-state index in [0.717, 1.165) is 75.5 Å². The fourth-order valence-corrected chi connectivity index (χ4v) is 4.34. The Morgan fingerprint density at radius 3 is 2.57 bits per heavy atom. The van der Waals surface area contributed by atoms with Gasteiger partial charge in [-0.3, -0.25) is 14.8 Å². The second-order valence-corrected chi connectivity index (χ2v) is 8.16. The predicted octanol–water partition coefficient (Wildman–Crippen LogP) is 2.50. The van der Waals surface area contributed by atoms with Crippen LogP contribution in [-0.4, -0.2) is 78.2 Å². The second-order valence-electron chi connectivity index (χ2n) is 8.16. The summed E-state index contributed by atoms with van der Waals surface area (Å²) >= 11 is 0. The summed E-state index contributed by atoms with van der Waals surface area (Å²) < 4.78 is 10.9. The summed E-state index contributed by atoms with van der Waals surface area (Å²) in [6.45, 7) is 12.7. The fraction of sp³-hybridized carbons (Fsp3) is 0.636. The van der Waals surface area contributed by atoms with Gasteiger partial charge in [-0.25, -0.2) is 0 Å². The largest absolute Gasteiger partial charge is 0.465 e. The average molecular weight is 415 g/mol. The Kier molecular flexibility index (Phi) is 7.07. The molecule has 0 bridgehead atoms. The monoisotopic (exact) mass is 414 g/mol. The van der Waals surface area contributed by atoms with E-state index in [0.29, 0.717) is 6.54 Å². The quantitative estimate of drug-likeness (QED) is 0.551. The molecule has 0 radical (unpaired) electrons. The van der Waals surface area contributed by atoms with Gasteiger partial charge in [-0.2, -0.15) is 0 Å². The molecule has 0 amide bonds. The number of aryl methyl sites for hydroxylation is 1. The summed E-state index contributed by atoms with van der Waals surface area (Å²) in [6.07, 6.45) is 4.15. The summed E-state index contributed by atoms with van der Waals surface area (Å²) in [5.41, 5.74) is 0.992. The number of nitrogens with one attached hydrogen (secondary N) is 1. The van der Waals surface area contributed by atoms with Gasteiger partial charge in [0.25, 0.3) is 0 Å². The highest BCUT2D eigenvalue weighted by Crippen LogP contribution is 2.27.